The van der Waals surface area contributed by atoms with Crippen LogP contribution >= 0.6 is 0 Å². The van der Waals surface area contributed by atoms with Crippen LogP contribution in [0.4, 0.5) is 0 Å². The van der Waals surface area contributed by atoms with Crippen molar-refractivity contribution in [3.63, 3.8) is 0 Å². The van der Waals surface area contributed by atoms with Crippen LogP contribution in [-0.4, -0.2) is 62.9 Å². The minimum atomic E-state index is 0.329. The van der Waals surface area contributed by atoms with Gasteiger partial charge in [0, 0.05) is 52.5 Å². The number of hydrogen-bond acceptors (Lipinski definition) is 4. The Kier molecular flexibility index (Phi) is 9.43. The summed E-state index contributed by atoms with van der Waals surface area (Å²) in [5, 5.41) is 7.09. The minimum Gasteiger partial charge on any atom is -0.381 e. The molecule has 1 aromatic carbocycles. The molecule has 0 amide bonds. The minimum absolute atomic E-state index is 0.329. The van der Waals surface area contributed by atoms with E-state index in [4.69, 9.17) is 9.47 Å². The summed E-state index contributed by atoms with van der Waals surface area (Å²) >= 11 is 0. The molecule has 6 nitrogen and oxygen atoms in total. The summed E-state index contributed by atoms with van der Waals surface area (Å²) in [5.41, 5.74) is 2.47. The predicted molar refractivity (Wildman–Crippen MR) is 123 cm³/mol. The van der Waals surface area contributed by atoms with Gasteiger partial charge in [-0.1, -0.05) is 38.1 Å². The number of nitrogens with one attached hydrogen (secondary N) is 2. The van der Waals surface area contributed by atoms with Crippen LogP contribution in [0, 0.1) is 5.92 Å². The Hall–Kier alpha value is -1.63. The van der Waals surface area contributed by atoms with Gasteiger partial charge in [-0.2, -0.15) is 0 Å². The first-order chi connectivity index (χ1) is 14.6. The van der Waals surface area contributed by atoms with E-state index in [1.165, 1.54) is 43.6 Å². The summed E-state index contributed by atoms with van der Waals surface area (Å²) in [6.07, 6.45) is 4.67. The molecule has 2 fully saturated rings. The number of piperidine rings is 1. The number of ether oxygens (including phenoxy) is 2. The van der Waals surface area contributed by atoms with E-state index in [1.54, 1.807) is 0 Å². The van der Waals surface area contributed by atoms with Crippen molar-refractivity contribution in [2.24, 2.45) is 10.9 Å². The monoisotopic (exact) mass is 416 g/mol. The summed E-state index contributed by atoms with van der Waals surface area (Å²) in [4.78, 5) is 7.01. The van der Waals surface area contributed by atoms with E-state index in [9.17, 15) is 0 Å². The largest absolute Gasteiger partial charge is 0.381 e. The second-order valence-electron chi connectivity index (χ2n) is 8.98. The zero-order valence-corrected chi connectivity index (χ0v) is 19.0. The molecular formula is C24H40N4O2. The van der Waals surface area contributed by atoms with Gasteiger partial charge in [0.05, 0.1) is 12.7 Å². The average molecular weight is 417 g/mol. The molecule has 0 atom stereocenters. The number of rotatable bonds is 8. The number of hydrogen-bond donors (Lipinski definition) is 2. The number of guanidine groups is 1. The van der Waals surface area contributed by atoms with Crippen LogP contribution in [0.3, 0.4) is 0 Å². The lowest BCUT2D eigenvalue weighted by molar-refractivity contribution is -0.0390. The van der Waals surface area contributed by atoms with E-state index in [0.717, 1.165) is 44.5 Å². The molecule has 6 heteroatoms. The quantitative estimate of drug-likeness (QED) is 0.504. The van der Waals surface area contributed by atoms with Gasteiger partial charge >= 0.3 is 0 Å². The summed E-state index contributed by atoms with van der Waals surface area (Å²) in [6, 6.07) is 9.13. The average Bonchev–Trinajstić information content (AvgIpc) is 2.77. The van der Waals surface area contributed by atoms with Gasteiger partial charge in [0.15, 0.2) is 5.96 Å². The van der Waals surface area contributed by atoms with E-state index < -0.39 is 0 Å². The van der Waals surface area contributed by atoms with Crippen molar-refractivity contribution in [3.8, 4) is 0 Å². The zero-order valence-electron chi connectivity index (χ0n) is 19.0. The zero-order chi connectivity index (χ0) is 21.2. The molecular weight excluding hydrogens is 376 g/mol. The van der Waals surface area contributed by atoms with Crippen LogP contribution in [-0.2, 0) is 22.6 Å². The molecule has 2 heterocycles. The number of nitrogens with zero attached hydrogens (tertiary/aromatic N) is 2. The van der Waals surface area contributed by atoms with Crippen LogP contribution in [0.1, 0.15) is 50.7 Å². The number of benzene rings is 1. The van der Waals surface area contributed by atoms with E-state index in [-0.39, 0.29) is 0 Å². The third-order valence-corrected chi connectivity index (χ3v) is 5.88. The maximum atomic E-state index is 6.06. The van der Waals surface area contributed by atoms with Gasteiger partial charge in [0.25, 0.3) is 0 Å². The molecule has 0 unspecified atom stereocenters. The molecule has 0 saturated carbocycles. The van der Waals surface area contributed by atoms with Crippen LogP contribution < -0.4 is 10.6 Å². The van der Waals surface area contributed by atoms with Gasteiger partial charge in [-0.3, -0.25) is 4.99 Å². The summed E-state index contributed by atoms with van der Waals surface area (Å²) in [6.45, 7) is 11.2. The third kappa shape index (κ3) is 7.89. The summed E-state index contributed by atoms with van der Waals surface area (Å²) in [7, 11) is 1.85. The third-order valence-electron chi connectivity index (χ3n) is 5.88. The van der Waals surface area contributed by atoms with Gasteiger partial charge in [-0.25, -0.2) is 0 Å². The number of aliphatic imine (C=N–C) groups is 1. The first kappa shape index (κ1) is 23.0. The van der Waals surface area contributed by atoms with Crippen molar-refractivity contribution >= 4 is 5.96 Å². The Balaban J connectivity index is 1.40. The topological polar surface area (TPSA) is 58.1 Å². The highest BCUT2D eigenvalue weighted by molar-refractivity contribution is 5.79. The Labute approximate surface area is 182 Å². The molecule has 3 rings (SSSR count). The normalized spacial score (nSPS) is 19.9. The molecule has 0 bridgehead atoms. The molecule has 1 aromatic rings. The first-order valence-electron chi connectivity index (χ1n) is 11.6. The molecule has 30 heavy (non-hydrogen) atoms. The smallest absolute Gasteiger partial charge is 0.191 e. The highest BCUT2D eigenvalue weighted by atomic mass is 16.5. The maximum Gasteiger partial charge on any atom is 0.191 e. The Morgan fingerprint density at radius 3 is 2.60 bits per heavy atom. The first-order valence-corrected chi connectivity index (χ1v) is 11.6. The summed E-state index contributed by atoms with van der Waals surface area (Å²) in [5.74, 6) is 1.63. The van der Waals surface area contributed by atoms with Crippen molar-refractivity contribution in [2.75, 3.05) is 39.9 Å². The Morgan fingerprint density at radius 1 is 1.17 bits per heavy atom. The summed E-state index contributed by atoms with van der Waals surface area (Å²) < 4.78 is 11.5. The lowest BCUT2D eigenvalue weighted by atomic mass is 10.0. The molecule has 2 aliphatic heterocycles. The van der Waals surface area contributed by atoms with Crippen LogP contribution in [0.2, 0.25) is 0 Å². The fourth-order valence-corrected chi connectivity index (χ4v) is 4.24. The van der Waals surface area contributed by atoms with E-state index >= 15 is 0 Å². The van der Waals surface area contributed by atoms with Crippen molar-refractivity contribution in [2.45, 2.75) is 64.8 Å². The molecule has 2 aliphatic rings. The molecule has 0 aromatic heterocycles. The van der Waals surface area contributed by atoms with E-state index in [2.05, 4.69) is 58.6 Å². The highest BCUT2D eigenvalue weighted by Gasteiger charge is 2.20. The highest BCUT2D eigenvalue weighted by Crippen LogP contribution is 2.15. The molecule has 2 N–H and O–H groups in total. The van der Waals surface area contributed by atoms with Crippen molar-refractivity contribution < 1.29 is 9.47 Å². The maximum absolute atomic E-state index is 6.06. The standard InChI is InChI=1S/C24H40N4O2/c1-19(2)17-28-11-7-22(8-12-28)27-24(25-3)26-16-20-5-4-6-21(15-20)18-30-23-9-13-29-14-10-23/h4-6,15,19,22-23H,7-14,16-18H2,1-3H3,(H2,25,26,27). The van der Waals surface area contributed by atoms with E-state index in [1.807, 2.05) is 7.05 Å². The lowest BCUT2D eigenvalue weighted by Gasteiger charge is -2.34. The second kappa shape index (κ2) is 12.3. The van der Waals surface area contributed by atoms with Gasteiger partial charge in [-0.15, -0.1) is 0 Å². The number of likely N-dealkylation sites (tertiary alicyclic amines) is 1. The molecule has 2 saturated heterocycles. The van der Waals surface area contributed by atoms with Crippen molar-refractivity contribution in [1.29, 1.82) is 0 Å². The second-order valence-corrected chi connectivity index (χ2v) is 8.98. The SMILES string of the molecule is CN=C(NCc1cccc(COC2CCOCC2)c1)NC1CCN(CC(C)C)CC1. The van der Waals surface area contributed by atoms with Crippen molar-refractivity contribution in [1.82, 2.24) is 15.5 Å². The fourth-order valence-electron chi connectivity index (χ4n) is 4.24. The van der Waals surface area contributed by atoms with Crippen LogP contribution in [0.5, 0.6) is 0 Å². The molecule has 0 spiro atoms. The van der Waals surface area contributed by atoms with Crippen molar-refractivity contribution in [3.05, 3.63) is 35.4 Å². The van der Waals surface area contributed by atoms with Gasteiger partial charge in [-0.05, 0) is 42.7 Å². The molecule has 0 radical (unpaired) electrons. The van der Waals surface area contributed by atoms with Crippen LogP contribution in [0.25, 0.3) is 0 Å². The fraction of sp³-hybridized carbons (Fsp3) is 0.708. The van der Waals surface area contributed by atoms with Gasteiger partial charge in [0.2, 0.25) is 0 Å². The molecule has 0 aliphatic carbocycles. The van der Waals surface area contributed by atoms with E-state index in [0.29, 0.717) is 18.8 Å². The van der Waals surface area contributed by atoms with Gasteiger partial charge in [0.1, 0.15) is 0 Å². The van der Waals surface area contributed by atoms with Gasteiger partial charge < -0.3 is 25.0 Å². The van der Waals surface area contributed by atoms with Crippen LogP contribution in [0.15, 0.2) is 29.3 Å². The Bertz CT molecular complexity index is 650. The predicted octanol–water partition coefficient (Wildman–Crippen LogP) is 3.17. The Morgan fingerprint density at radius 2 is 1.90 bits per heavy atom. The molecule has 168 valence electrons. The lowest BCUT2D eigenvalue weighted by Crippen LogP contribution is -2.48.